The van der Waals surface area contributed by atoms with Gasteiger partial charge in [-0.15, -0.1) is 0 Å². The van der Waals surface area contributed by atoms with E-state index in [9.17, 15) is 14.3 Å². The molecule has 7 rings (SSSR count). The molecule has 0 radical (unpaired) electrons. The highest BCUT2D eigenvalue weighted by Crippen LogP contribution is 2.41. The van der Waals surface area contributed by atoms with Crippen LogP contribution in [-0.4, -0.2) is 57.5 Å². The molecule has 0 aliphatic carbocycles. The lowest BCUT2D eigenvalue weighted by Crippen LogP contribution is -2.45. The zero-order valence-corrected chi connectivity index (χ0v) is 28.3. The number of imidazole rings is 1. The second-order valence-corrected chi connectivity index (χ2v) is 14.1. The summed E-state index contributed by atoms with van der Waals surface area (Å²) >= 11 is 0. The lowest BCUT2D eigenvalue weighted by atomic mass is 9.92. The van der Waals surface area contributed by atoms with E-state index in [1.807, 2.05) is 75.6 Å². The molecule has 2 atom stereocenters. The van der Waals surface area contributed by atoms with Crippen LogP contribution in [0.2, 0.25) is 0 Å². The van der Waals surface area contributed by atoms with Crippen LogP contribution in [0.25, 0.3) is 28.0 Å². The van der Waals surface area contributed by atoms with Crippen LogP contribution in [0.1, 0.15) is 71.1 Å². The third-order valence-electron chi connectivity index (χ3n) is 9.01. The van der Waals surface area contributed by atoms with Crippen molar-refractivity contribution in [2.75, 3.05) is 24.6 Å². The maximum absolute atomic E-state index is 15.5. The van der Waals surface area contributed by atoms with Crippen LogP contribution in [0.4, 0.5) is 14.6 Å². The SMILES string of the molecule is Cc1cc2nc3cn2c(c1[C@H](OC(C)(C)C)C(=O)O)N1CCC(C)(CC1)OC/C=C/C[C@H](C)Oc1cc(F)cc(F)c1-c1cccc-3c1. The van der Waals surface area contributed by atoms with Crippen LogP contribution in [0.15, 0.2) is 60.8 Å². The van der Waals surface area contributed by atoms with E-state index >= 15 is 4.39 Å². The van der Waals surface area contributed by atoms with Crippen molar-refractivity contribution in [3.05, 3.63) is 83.6 Å². The van der Waals surface area contributed by atoms with Gasteiger partial charge >= 0.3 is 5.97 Å². The summed E-state index contributed by atoms with van der Waals surface area (Å²) in [5.74, 6) is -1.70. The Morgan fingerprint density at radius 2 is 1.83 bits per heavy atom. The number of hydrogen-bond donors (Lipinski definition) is 1. The summed E-state index contributed by atoms with van der Waals surface area (Å²) in [6.45, 7) is 13.1. The number of halogens is 2. The summed E-state index contributed by atoms with van der Waals surface area (Å²) in [7, 11) is 0. The second-order valence-electron chi connectivity index (χ2n) is 14.1. The molecule has 4 aromatic rings. The Labute approximate surface area is 280 Å². The summed E-state index contributed by atoms with van der Waals surface area (Å²) in [6.07, 6.45) is 6.20. The molecule has 0 saturated carbocycles. The summed E-state index contributed by atoms with van der Waals surface area (Å²) < 4.78 is 50.6. The van der Waals surface area contributed by atoms with Crippen molar-refractivity contribution in [2.45, 2.75) is 84.2 Å². The van der Waals surface area contributed by atoms with Gasteiger partial charge in [-0.2, -0.15) is 0 Å². The highest BCUT2D eigenvalue weighted by molar-refractivity contribution is 5.80. The number of carbonyl (C=O) groups is 1. The number of aromatic nitrogens is 2. The fourth-order valence-corrected chi connectivity index (χ4v) is 6.58. The molecule has 8 nitrogen and oxygen atoms in total. The second kappa shape index (κ2) is 13.0. The van der Waals surface area contributed by atoms with E-state index in [0.29, 0.717) is 60.0 Å². The topological polar surface area (TPSA) is 85.5 Å². The van der Waals surface area contributed by atoms with Gasteiger partial charge in [0.15, 0.2) is 6.10 Å². The fraction of sp³-hybridized carbons (Fsp3) is 0.421. The van der Waals surface area contributed by atoms with E-state index in [4.69, 9.17) is 19.2 Å². The number of pyridine rings is 1. The average molecular weight is 660 g/mol. The minimum absolute atomic E-state index is 0.116. The van der Waals surface area contributed by atoms with E-state index in [-0.39, 0.29) is 23.0 Å². The Balaban J connectivity index is 1.56. The Bertz CT molecular complexity index is 1870. The van der Waals surface area contributed by atoms with Crippen LogP contribution in [0.5, 0.6) is 5.75 Å². The largest absolute Gasteiger partial charge is 0.490 e. The molecule has 1 saturated heterocycles. The van der Waals surface area contributed by atoms with Gasteiger partial charge in [0.1, 0.15) is 28.8 Å². The highest BCUT2D eigenvalue weighted by Gasteiger charge is 2.37. The van der Waals surface area contributed by atoms with Crippen LogP contribution < -0.4 is 9.64 Å². The first-order chi connectivity index (χ1) is 22.7. The van der Waals surface area contributed by atoms with Crippen molar-refractivity contribution in [1.29, 1.82) is 0 Å². The molecule has 0 spiro atoms. The number of aryl methyl sites for hydroxylation is 1. The van der Waals surface area contributed by atoms with Gasteiger partial charge < -0.3 is 24.2 Å². The maximum atomic E-state index is 15.5. The monoisotopic (exact) mass is 659 g/mol. The Morgan fingerprint density at radius 3 is 2.54 bits per heavy atom. The lowest BCUT2D eigenvalue weighted by Gasteiger charge is -2.41. The molecular weight excluding hydrogens is 616 g/mol. The molecule has 2 aromatic carbocycles. The number of nitrogens with zero attached hydrogens (tertiary/aromatic N) is 3. The third-order valence-corrected chi connectivity index (χ3v) is 9.01. The van der Waals surface area contributed by atoms with Crippen molar-refractivity contribution >= 4 is 17.4 Å². The van der Waals surface area contributed by atoms with E-state index in [2.05, 4.69) is 11.8 Å². The quantitative estimate of drug-likeness (QED) is 0.222. The standard InChI is InChI=1S/C38H43F2N3O5/c1-23-18-31-41-29-22-43(31)35(32(23)34(36(44)45)48-37(3,4)5)42-15-13-38(6,14-16-42)46-17-8-7-10-24(2)47-30-21-27(39)20-28(40)33(30)26-12-9-11-25(29)19-26/h7-9,11-12,18-22,24,34H,10,13-17H2,1-6H3,(H,44,45)/b8-7+/t24-,34-/m0/s1. The minimum atomic E-state index is -1.22. The Kier molecular flexibility index (Phi) is 9.08. The van der Waals surface area contributed by atoms with Gasteiger partial charge in [0, 0.05) is 49.0 Å². The van der Waals surface area contributed by atoms with Crippen molar-refractivity contribution in [2.24, 2.45) is 0 Å². The van der Waals surface area contributed by atoms with Crippen molar-refractivity contribution in [3.8, 4) is 28.1 Å². The minimum Gasteiger partial charge on any atom is -0.490 e. The van der Waals surface area contributed by atoms with Crippen LogP contribution >= 0.6 is 0 Å². The molecule has 1 N–H and O–H groups in total. The first-order valence-corrected chi connectivity index (χ1v) is 16.4. The molecule has 0 amide bonds. The molecule has 1 fully saturated rings. The van der Waals surface area contributed by atoms with Gasteiger partial charge in [-0.3, -0.25) is 4.40 Å². The first kappa shape index (κ1) is 33.6. The number of anilines is 1. The van der Waals surface area contributed by atoms with E-state index in [0.717, 1.165) is 24.5 Å². The van der Waals surface area contributed by atoms with Crippen LogP contribution in [0, 0.1) is 18.6 Å². The number of aliphatic carboxylic acids is 1. The summed E-state index contributed by atoms with van der Waals surface area (Å²) in [5, 5.41) is 10.5. The van der Waals surface area contributed by atoms with Gasteiger partial charge in [-0.1, -0.05) is 30.4 Å². The van der Waals surface area contributed by atoms with Crippen molar-refractivity contribution in [3.63, 3.8) is 0 Å². The van der Waals surface area contributed by atoms with Gasteiger partial charge in [0.05, 0.1) is 35.2 Å². The molecule has 6 bridgehead atoms. The van der Waals surface area contributed by atoms with Gasteiger partial charge in [0.25, 0.3) is 0 Å². The highest BCUT2D eigenvalue weighted by atomic mass is 19.1. The van der Waals surface area contributed by atoms with Crippen LogP contribution in [0.3, 0.4) is 0 Å². The van der Waals surface area contributed by atoms with Crippen molar-refractivity contribution < 1.29 is 32.9 Å². The predicted octanol–water partition coefficient (Wildman–Crippen LogP) is 8.30. The predicted molar refractivity (Wildman–Crippen MR) is 182 cm³/mol. The first-order valence-electron chi connectivity index (χ1n) is 16.4. The Hall–Kier alpha value is -4.28. The molecule has 10 heteroatoms. The van der Waals surface area contributed by atoms with Crippen molar-refractivity contribution in [1.82, 2.24) is 9.38 Å². The van der Waals surface area contributed by atoms with E-state index in [1.165, 1.54) is 6.07 Å². The lowest BCUT2D eigenvalue weighted by molar-refractivity contribution is -0.160. The van der Waals surface area contributed by atoms with Crippen LogP contribution in [-0.2, 0) is 14.3 Å². The number of hydrogen-bond acceptors (Lipinski definition) is 6. The smallest absolute Gasteiger partial charge is 0.337 e. The molecule has 2 aromatic heterocycles. The number of piperidine rings is 1. The molecule has 254 valence electrons. The summed E-state index contributed by atoms with van der Waals surface area (Å²) in [4.78, 5) is 20.0. The number of fused-ring (bicyclic) bond motifs is 7. The third kappa shape index (κ3) is 6.96. The Morgan fingerprint density at radius 1 is 1.10 bits per heavy atom. The fourth-order valence-electron chi connectivity index (χ4n) is 6.58. The number of carboxylic acid groups (broad SMARTS) is 1. The molecule has 3 aliphatic rings. The number of ether oxygens (including phenoxy) is 3. The summed E-state index contributed by atoms with van der Waals surface area (Å²) in [6, 6.07) is 11.2. The molecule has 0 unspecified atom stereocenters. The average Bonchev–Trinajstić information content (AvgIpc) is 3.42. The normalized spacial score (nSPS) is 21.5. The summed E-state index contributed by atoms with van der Waals surface area (Å²) in [5.41, 5.74) is 2.85. The molecule has 5 heterocycles. The van der Waals surface area contributed by atoms with Gasteiger partial charge in [-0.25, -0.2) is 18.6 Å². The number of rotatable bonds is 3. The number of benzene rings is 2. The zero-order valence-electron chi connectivity index (χ0n) is 28.3. The van der Waals surface area contributed by atoms with E-state index < -0.39 is 29.3 Å². The van der Waals surface area contributed by atoms with Gasteiger partial charge in [-0.05, 0) is 77.6 Å². The molecular formula is C38H43F2N3O5. The van der Waals surface area contributed by atoms with Gasteiger partial charge in [0.2, 0.25) is 0 Å². The molecule has 48 heavy (non-hydrogen) atoms. The maximum Gasteiger partial charge on any atom is 0.337 e. The number of carboxylic acids is 1. The zero-order chi connectivity index (χ0) is 34.4. The molecule has 3 aliphatic heterocycles. The van der Waals surface area contributed by atoms with E-state index in [1.54, 1.807) is 12.1 Å².